The highest BCUT2D eigenvalue weighted by Gasteiger charge is 2.20. The third-order valence-corrected chi connectivity index (χ3v) is 7.19. The van der Waals surface area contributed by atoms with E-state index in [1.807, 2.05) is 6.07 Å². The first kappa shape index (κ1) is 21.2. The molecule has 4 rings (SSSR count). The summed E-state index contributed by atoms with van der Waals surface area (Å²) in [6.07, 6.45) is 3.06. The van der Waals surface area contributed by atoms with Crippen LogP contribution >= 0.6 is 0 Å². The van der Waals surface area contributed by atoms with Gasteiger partial charge in [-0.05, 0) is 38.1 Å². The van der Waals surface area contributed by atoms with Crippen LogP contribution < -0.4 is 5.32 Å². The van der Waals surface area contributed by atoms with E-state index < -0.39 is 21.0 Å². The third kappa shape index (κ3) is 3.84. The number of aromatic amines is 1. The van der Waals surface area contributed by atoms with Gasteiger partial charge >= 0.3 is 0 Å². The van der Waals surface area contributed by atoms with Crippen LogP contribution in [0.4, 0.5) is 5.69 Å². The van der Waals surface area contributed by atoms with Gasteiger partial charge in [-0.1, -0.05) is 24.3 Å². The molecule has 0 aliphatic rings. The highest BCUT2D eigenvalue weighted by atomic mass is 32.2. The minimum absolute atomic E-state index is 0.239. The number of benzene rings is 2. The van der Waals surface area contributed by atoms with Gasteiger partial charge in [-0.25, -0.2) is 18.4 Å². The average molecular weight is 446 g/mol. The first-order valence-corrected chi connectivity index (χ1v) is 11.3. The number of nitrogens with zero attached hydrogens (tertiary/aromatic N) is 3. The number of carbonyl (C=O) groups is 1. The molecule has 0 fully saturated rings. The molecule has 0 atom stereocenters. The number of anilines is 1. The molecular weight excluding hydrogens is 426 g/mol. The minimum atomic E-state index is -3.37. The zero-order valence-corrected chi connectivity index (χ0v) is 18.1. The quantitative estimate of drug-likeness (QED) is 0.479. The second kappa shape index (κ2) is 8.24. The molecule has 0 saturated heterocycles. The van der Waals surface area contributed by atoms with E-state index in [1.165, 1.54) is 6.20 Å². The second-order valence-corrected chi connectivity index (χ2v) is 9.89. The van der Waals surface area contributed by atoms with E-state index in [9.17, 15) is 18.5 Å². The lowest BCUT2D eigenvalue weighted by atomic mass is 10.1. The molecule has 4 aromatic rings. The lowest BCUT2D eigenvalue weighted by molar-refractivity contribution is 0.102. The predicted molar refractivity (Wildman–Crippen MR) is 121 cm³/mol. The van der Waals surface area contributed by atoms with Gasteiger partial charge in [0.15, 0.2) is 15.5 Å². The van der Waals surface area contributed by atoms with Gasteiger partial charge in [0, 0.05) is 11.8 Å². The van der Waals surface area contributed by atoms with Gasteiger partial charge in [0.25, 0.3) is 5.91 Å². The summed E-state index contributed by atoms with van der Waals surface area (Å²) in [6.45, 7) is 3.27. The van der Waals surface area contributed by atoms with Crippen molar-refractivity contribution in [3.8, 4) is 17.3 Å². The smallest absolute Gasteiger partial charge is 0.259 e. The Bertz CT molecular complexity index is 1470. The topological polar surface area (TPSA) is 129 Å². The number of sulfone groups is 1. The van der Waals surface area contributed by atoms with Gasteiger partial charge in [0.05, 0.1) is 38.9 Å². The number of hydrogen-bond donors (Lipinski definition) is 2. The van der Waals surface area contributed by atoms with Crippen molar-refractivity contribution in [1.82, 2.24) is 15.0 Å². The van der Waals surface area contributed by atoms with Gasteiger partial charge in [0.2, 0.25) is 0 Å². The third-order valence-electron chi connectivity index (χ3n) is 5.02. The summed E-state index contributed by atoms with van der Waals surface area (Å²) in [7, 11) is -3.37. The van der Waals surface area contributed by atoms with E-state index in [0.29, 0.717) is 33.7 Å². The minimum Gasteiger partial charge on any atom is -0.344 e. The predicted octanol–water partition coefficient (Wildman–Crippen LogP) is 3.93. The standard InChI is InChI=1S/C23H19N5O3S/c1-14(2)32(30,31)17-9-7-15(8-10-17)20-13-26-22-21(27-20)18(12-25-22)23(29)28-19-6-4-3-5-16(19)11-24/h3-10,12-14H,1-2H3,(H,25,26)(H,28,29). The average Bonchev–Trinajstić information content (AvgIpc) is 3.23. The zero-order chi connectivity index (χ0) is 22.9. The van der Waals surface area contributed by atoms with Gasteiger partial charge in [-0.15, -0.1) is 0 Å². The van der Waals surface area contributed by atoms with Crippen LogP contribution in [-0.2, 0) is 9.84 Å². The largest absolute Gasteiger partial charge is 0.344 e. The molecule has 2 N–H and O–H groups in total. The molecule has 0 unspecified atom stereocenters. The van der Waals surface area contributed by atoms with Crippen LogP contribution in [-0.4, -0.2) is 34.5 Å². The van der Waals surface area contributed by atoms with Gasteiger partial charge in [-0.2, -0.15) is 5.26 Å². The number of nitrogens with one attached hydrogen (secondary N) is 2. The van der Waals surface area contributed by atoms with Crippen molar-refractivity contribution in [2.75, 3.05) is 5.32 Å². The fourth-order valence-corrected chi connectivity index (χ4v) is 4.23. The van der Waals surface area contributed by atoms with Gasteiger partial charge in [-0.3, -0.25) is 4.79 Å². The molecule has 32 heavy (non-hydrogen) atoms. The Balaban J connectivity index is 1.67. The first-order valence-electron chi connectivity index (χ1n) is 9.80. The fraction of sp³-hybridized carbons (Fsp3) is 0.130. The molecule has 0 aliphatic carbocycles. The number of amides is 1. The monoisotopic (exact) mass is 445 g/mol. The van der Waals surface area contributed by atoms with Gasteiger partial charge < -0.3 is 10.3 Å². The first-order chi connectivity index (χ1) is 15.3. The van der Waals surface area contributed by atoms with Crippen molar-refractivity contribution < 1.29 is 13.2 Å². The van der Waals surface area contributed by atoms with Crippen molar-refractivity contribution in [2.45, 2.75) is 24.0 Å². The fourth-order valence-electron chi connectivity index (χ4n) is 3.17. The molecule has 9 heteroatoms. The van der Waals surface area contributed by atoms with Crippen molar-refractivity contribution in [3.05, 3.63) is 72.1 Å². The number of para-hydroxylation sites is 1. The van der Waals surface area contributed by atoms with E-state index >= 15 is 0 Å². The van der Waals surface area contributed by atoms with Crippen LogP contribution in [0.5, 0.6) is 0 Å². The summed E-state index contributed by atoms with van der Waals surface area (Å²) >= 11 is 0. The summed E-state index contributed by atoms with van der Waals surface area (Å²) in [5.41, 5.74) is 3.01. The molecule has 2 aromatic heterocycles. The lowest BCUT2D eigenvalue weighted by Crippen LogP contribution is -2.13. The maximum absolute atomic E-state index is 12.8. The highest BCUT2D eigenvalue weighted by Crippen LogP contribution is 2.25. The van der Waals surface area contributed by atoms with E-state index in [4.69, 9.17) is 0 Å². The molecule has 0 bridgehead atoms. The van der Waals surface area contributed by atoms with E-state index in [0.717, 1.165) is 0 Å². The summed E-state index contributed by atoms with van der Waals surface area (Å²) < 4.78 is 24.7. The summed E-state index contributed by atoms with van der Waals surface area (Å²) in [6, 6.07) is 15.2. The summed E-state index contributed by atoms with van der Waals surface area (Å²) in [5.74, 6) is -0.427. The molecule has 2 heterocycles. The molecule has 160 valence electrons. The Hall–Kier alpha value is -4.03. The molecule has 2 aromatic carbocycles. The molecule has 1 amide bonds. The molecule has 0 aliphatic heterocycles. The Morgan fingerprint density at radius 1 is 1.12 bits per heavy atom. The number of hydrogen-bond acceptors (Lipinski definition) is 6. The second-order valence-electron chi connectivity index (χ2n) is 7.38. The molecule has 0 radical (unpaired) electrons. The maximum Gasteiger partial charge on any atom is 0.259 e. The van der Waals surface area contributed by atoms with Crippen LogP contribution in [0.15, 0.2) is 65.8 Å². The molecule has 0 saturated carbocycles. The van der Waals surface area contributed by atoms with Crippen molar-refractivity contribution in [1.29, 1.82) is 5.26 Å². The zero-order valence-electron chi connectivity index (χ0n) is 17.3. The molecule has 8 nitrogen and oxygen atoms in total. The van der Waals surface area contributed by atoms with Crippen molar-refractivity contribution in [3.63, 3.8) is 0 Å². The number of H-pyrrole nitrogens is 1. The Morgan fingerprint density at radius 2 is 1.84 bits per heavy atom. The molecule has 0 spiro atoms. The number of aromatic nitrogens is 3. The number of rotatable bonds is 5. The summed E-state index contributed by atoms with van der Waals surface area (Å²) in [4.78, 5) is 24.9. The van der Waals surface area contributed by atoms with E-state index in [2.05, 4.69) is 20.3 Å². The number of nitriles is 1. The Kier molecular flexibility index (Phi) is 5.47. The number of fused-ring (bicyclic) bond motifs is 1. The molecular formula is C23H19N5O3S. The Morgan fingerprint density at radius 3 is 2.53 bits per heavy atom. The van der Waals surface area contributed by atoms with Crippen LogP contribution in [0.3, 0.4) is 0 Å². The van der Waals surface area contributed by atoms with E-state index in [1.54, 1.807) is 68.6 Å². The van der Waals surface area contributed by atoms with Crippen LogP contribution in [0.1, 0.15) is 29.8 Å². The Labute approximate surface area is 184 Å². The van der Waals surface area contributed by atoms with E-state index in [-0.39, 0.29) is 10.5 Å². The lowest BCUT2D eigenvalue weighted by Gasteiger charge is -2.09. The van der Waals surface area contributed by atoms with Gasteiger partial charge in [0.1, 0.15) is 11.6 Å². The van der Waals surface area contributed by atoms with Crippen LogP contribution in [0, 0.1) is 11.3 Å². The SMILES string of the molecule is CC(C)S(=O)(=O)c1ccc(-c2cnc3[nH]cc(C(=O)Nc4ccccc4C#N)c3n2)cc1. The maximum atomic E-state index is 12.8. The normalized spacial score (nSPS) is 11.4. The van der Waals surface area contributed by atoms with Crippen molar-refractivity contribution >= 4 is 32.6 Å². The highest BCUT2D eigenvalue weighted by molar-refractivity contribution is 7.92. The van der Waals surface area contributed by atoms with Crippen LogP contribution in [0.2, 0.25) is 0 Å². The van der Waals surface area contributed by atoms with Crippen LogP contribution in [0.25, 0.3) is 22.4 Å². The number of carbonyl (C=O) groups excluding carboxylic acids is 1. The van der Waals surface area contributed by atoms with Crippen molar-refractivity contribution in [2.24, 2.45) is 0 Å². The summed E-state index contributed by atoms with van der Waals surface area (Å²) in [5, 5.41) is 11.4.